The quantitative estimate of drug-likeness (QED) is 0.740. The van der Waals surface area contributed by atoms with Gasteiger partial charge in [0.2, 0.25) is 0 Å². The molecule has 0 spiro atoms. The van der Waals surface area contributed by atoms with E-state index in [1.54, 1.807) is 6.20 Å². The number of aryl methyl sites for hydroxylation is 1. The maximum Gasteiger partial charge on any atom is 0.113 e. The molecule has 1 aromatic rings. The van der Waals surface area contributed by atoms with Gasteiger partial charge in [-0.3, -0.25) is 0 Å². The number of aliphatic hydroxyl groups excluding tert-OH is 1. The molecule has 0 amide bonds. The van der Waals surface area contributed by atoms with Crippen LogP contribution in [0.25, 0.3) is 0 Å². The van der Waals surface area contributed by atoms with Gasteiger partial charge in [0.1, 0.15) is 6.10 Å². The van der Waals surface area contributed by atoms with Gasteiger partial charge in [0.25, 0.3) is 0 Å². The van der Waals surface area contributed by atoms with Crippen LogP contribution in [0, 0.1) is 6.92 Å². The lowest BCUT2D eigenvalue weighted by atomic mass is 10.3. The number of aliphatic hydroxyl groups is 1. The van der Waals surface area contributed by atoms with E-state index in [4.69, 9.17) is 4.74 Å². The Morgan fingerprint density at radius 1 is 1.69 bits per heavy atom. The third-order valence-corrected chi connectivity index (χ3v) is 2.61. The van der Waals surface area contributed by atoms with Crippen LogP contribution in [0.4, 0.5) is 0 Å². The van der Waals surface area contributed by atoms with Crippen LogP contribution in [0.3, 0.4) is 0 Å². The molecular formula is C9H15NO2S. The van der Waals surface area contributed by atoms with Gasteiger partial charge in [-0.15, -0.1) is 11.3 Å². The van der Waals surface area contributed by atoms with Crippen molar-refractivity contribution in [1.29, 1.82) is 0 Å². The van der Waals surface area contributed by atoms with E-state index in [0.717, 1.165) is 16.3 Å². The van der Waals surface area contributed by atoms with Gasteiger partial charge in [0, 0.05) is 12.8 Å². The molecule has 0 bridgehead atoms. The van der Waals surface area contributed by atoms with Crippen LogP contribution < -0.4 is 0 Å². The highest BCUT2D eigenvalue weighted by atomic mass is 32.1. The van der Waals surface area contributed by atoms with Gasteiger partial charge in [-0.25, -0.2) is 4.98 Å². The summed E-state index contributed by atoms with van der Waals surface area (Å²) in [7, 11) is 0. The van der Waals surface area contributed by atoms with E-state index in [-0.39, 0.29) is 0 Å². The van der Waals surface area contributed by atoms with Gasteiger partial charge >= 0.3 is 0 Å². The van der Waals surface area contributed by atoms with Crippen molar-refractivity contribution in [2.75, 3.05) is 13.2 Å². The van der Waals surface area contributed by atoms with Gasteiger partial charge in [0.15, 0.2) is 0 Å². The molecule has 0 saturated heterocycles. The Kier molecular flexibility index (Phi) is 4.35. The zero-order chi connectivity index (χ0) is 9.68. The Morgan fingerprint density at radius 2 is 2.46 bits per heavy atom. The van der Waals surface area contributed by atoms with Crippen molar-refractivity contribution in [3.8, 4) is 0 Å². The van der Waals surface area contributed by atoms with Crippen molar-refractivity contribution >= 4 is 11.3 Å². The molecule has 0 radical (unpaired) electrons. The zero-order valence-electron chi connectivity index (χ0n) is 7.99. The third kappa shape index (κ3) is 3.42. The lowest BCUT2D eigenvalue weighted by Gasteiger charge is -2.07. The van der Waals surface area contributed by atoms with E-state index < -0.39 is 6.10 Å². The molecule has 1 heterocycles. The van der Waals surface area contributed by atoms with E-state index in [1.165, 1.54) is 11.3 Å². The Bertz CT molecular complexity index is 250. The minimum atomic E-state index is -0.516. The first-order chi connectivity index (χ1) is 6.24. The fourth-order valence-corrected chi connectivity index (χ4v) is 1.71. The van der Waals surface area contributed by atoms with E-state index >= 15 is 0 Å². The van der Waals surface area contributed by atoms with Gasteiger partial charge in [-0.2, -0.15) is 0 Å². The van der Waals surface area contributed by atoms with Crippen LogP contribution in [-0.4, -0.2) is 23.3 Å². The monoisotopic (exact) mass is 201 g/mol. The van der Waals surface area contributed by atoms with Crippen LogP contribution in [0.2, 0.25) is 0 Å². The molecule has 1 unspecified atom stereocenters. The van der Waals surface area contributed by atoms with E-state index in [1.807, 2.05) is 13.8 Å². The normalized spacial score (nSPS) is 13.2. The molecule has 1 rings (SSSR count). The molecule has 4 heteroatoms. The number of aromatic nitrogens is 1. The molecule has 1 aromatic heterocycles. The molecule has 0 aliphatic rings. The minimum absolute atomic E-state index is 0.371. The highest BCUT2D eigenvalue weighted by Crippen LogP contribution is 2.20. The number of hydrogen-bond donors (Lipinski definition) is 1. The number of nitrogens with zero attached hydrogens (tertiary/aromatic N) is 1. The van der Waals surface area contributed by atoms with E-state index in [0.29, 0.717) is 13.2 Å². The average molecular weight is 201 g/mol. The van der Waals surface area contributed by atoms with Gasteiger partial charge in [0.05, 0.1) is 16.5 Å². The smallest absolute Gasteiger partial charge is 0.113 e. The molecule has 1 N–H and O–H groups in total. The third-order valence-electron chi connectivity index (χ3n) is 1.59. The molecule has 1 atom stereocenters. The predicted molar refractivity (Wildman–Crippen MR) is 52.9 cm³/mol. The second-order valence-corrected chi connectivity index (χ2v) is 4.14. The van der Waals surface area contributed by atoms with Crippen molar-refractivity contribution in [3.63, 3.8) is 0 Å². The first-order valence-electron chi connectivity index (χ1n) is 4.42. The summed E-state index contributed by atoms with van der Waals surface area (Å²) >= 11 is 1.51. The maximum absolute atomic E-state index is 9.61. The standard InChI is InChI=1S/C9H15NO2S/c1-3-4-12-6-8(11)9-5-10-7(2)13-9/h5,8,11H,3-4,6H2,1-2H3. The molecule has 3 nitrogen and oxygen atoms in total. The fraction of sp³-hybridized carbons (Fsp3) is 0.667. The lowest BCUT2D eigenvalue weighted by molar-refractivity contribution is 0.0381. The number of rotatable bonds is 5. The second kappa shape index (κ2) is 5.32. The number of thiazole rings is 1. The molecule has 0 aliphatic carbocycles. The van der Waals surface area contributed by atoms with E-state index in [9.17, 15) is 5.11 Å². The average Bonchev–Trinajstić information content (AvgIpc) is 2.52. The largest absolute Gasteiger partial charge is 0.385 e. The fourth-order valence-electron chi connectivity index (χ4n) is 0.953. The van der Waals surface area contributed by atoms with Gasteiger partial charge in [-0.1, -0.05) is 6.92 Å². The Labute approximate surface area is 82.4 Å². The highest BCUT2D eigenvalue weighted by molar-refractivity contribution is 7.11. The van der Waals surface area contributed by atoms with Crippen molar-refractivity contribution in [1.82, 2.24) is 4.98 Å². The summed E-state index contributed by atoms with van der Waals surface area (Å²) in [6.07, 6.45) is 2.17. The predicted octanol–water partition coefficient (Wildman–Crippen LogP) is 1.91. The van der Waals surface area contributed by atoms with Crippen molar-refractivity contribution in [3.05, 3.63) is 16.1 Å². The summed E-state index contributed by atoms with van der Waals surface area (Å²) in [6, 6.07) is 0. The first-order valence-corrected chi connectivity index (χ1v) is 5.23. The molecule has 0 saturated carbocycles. The summed E-state index contributed by atoms with van der Waals surface area (Å²) in [6.45, 7) is 5.04. The van der Waals surface area contributed by atoms with Crippen LogP contribution in [0.1, 0.15) is 29.3 Å². The Morgan fingerprint density at radius 3 is 3.00 bits per heavy atom. The SMILES string of the molecule is CCCOCC(O)c1cnc(C)s1. The summed E-state index contributed by atoms with van der Waals surface area (Å²) in [5.74, 6) is 0. The molecule has 0 aliphatic heterocycles. The summed E-state index contributed by atoms with van der Waals surface area (Å²) < 4.78 is 5.24. The summed E-state index contributed by atoms with van der Waals surface area (Å²) in [5, 5.41) is 10.6. The summed E-state index contributed by atoms with van der Waals surface area (Å²) in [4.78, 5) is 4.95. The van der Waals surface area contributed by atoms with Crippen molar-refractivity contribution in [2.24, 2.45) is 0 Å². The molecule has 0 fully saturated rings. The topological polar surface area (TPSA) is 42.4 Å². The van der Waals surface area contributed by atoms with Crippen LogP contribution in [0.5, 0.6) is 0 Å². The highest BCUT2D eigenvalue weighted by Gasteiger charge is 2.09. The zero-order valence-corrected chi connectivity index (χ0v) is 8.80. The van der Waals surface area contributed by atoms with Gasteiger partial charge in [-0.05, 0) is 13.3 Å². The maximum atomic E-state index is 9.61. The van der Waals surface area contributed by atoms with Crippen LogP contribution in [-0.2, 0) is 4.74 Å². The van der Waals surface area contributed by atoms with Gasteiger partial charge < -0.3 is 9.84 Å². The molecule has 0 aromatic carbocycles. The lowest BCUT2D eigenvalue weighted by Crippen LogP contribution is -2.06. The van der Waals surface area contributed by atoms with Crippen LogP contribution in [0.15, 0.2) is 6.20 Å². The number of hydrogen-bond acceptors (Lipinski definition) is 4. The Balaban J connectivity index is 2.35. The molecular weight excluding hydrogens is 186 g/mol. The van der Waals surface area contributed by atoms with Crippen molar-refractivity contribution < 1.29 is 9.84 Å². The second-order valence-electron chi connectivity index (χ2n) is 2.87. The molecule has 13 heavy (non-hydrogen) atoms. The summed E-state index contributed by atoms with van der Waals surface area (Å²) in [5.41, 5.74) is 0. The van der Waals surface area contributed by atoms with E-state index in [2.05, 4.69) is 4.98 Å². The Hall–Kier alpha value is -0.450. The first kappa shape index (κ1) is 10.6. The minimum Gasteiger partial charge on any atom is -0.385 e. The van der Waals surface area contributed by atoms with Crippen molar-refractivity contribution in [2.45, 2.75) is 26.4 Å². The molecule has 74 valence electrons. The van der Waals surface area contributed by atoms with Crippen LogP contribution >= 0.6 is 11.3 Å². The number of ether oxygens (including phenoxy) is 1.